The summed E-state index contributed by atoms with van der Waals surface area (Å²) in [5.74, 6) is 0.356. The van der Waals surface area contributed by atoms with Gasteiger partial charge in [-0.05, 0) is 50.5 Å². The van der Waals surface area contributed by atoms with Crippen LogP contribution in [0.1, 0.15) is 57.9 Å². The lowest BCUT2D eigenvalue weighted by molar-refractivity contribution is -0.131. The van der Waals surface area contributed by atoms with E-state index in [-0.39, 0.29) is 24.8 Å². The van der Waals surface area contributed by atoms with Crippen LogP contribution in [0.3, 0.4) is 0 Å². The van der Waals surface area contributed by atoms with E-state index in [4.69, 9.17) is 20.9 Å². The van der Waals surface area contributed by atoms with Crippen molar-refractivity contribution in [2.75, 3.05) is 19.7 Å². The molecule has 13 heteroatoms. The smallest absolute Gasteiger partial charge is 0.251 e. The number of nitrogens with zero attached hydrogens (tertiary/aromatic N) is 5. The second kappa shape index (κ2) is 15.5. The van der Waals surface area contributed by atoms with Crippen molar-refractivity contribution < 1.29 is 23.6 Å². The second-order valence-electron chi connectivity index (χ2n) is 11.3. The highest BCUT2D eigenvalue weighted by atomic mass is 35.5. The zero-order valence-electron chi connectivity index (χ0n) is 26.0. The van der Waals surface area contributed by atoms with E-state index in [1.807, 2.05) is 50.4 Å². The van der Waals surface area contributed by atoms with Gasteiger partial charge in [-0.25, -0.2) is 0 Å². The predicted molar refractivity (Wildman–Crippen MR) is 170 cm³/mol. The summed E-state index contributed by atoms with van der Waals surface area (Å²) < 4.78 is 12.8. The molecule has 0 spiro atoms. The Kier molecular flexibility index (Phi) is 11.0. The van der Waals surface area contributed by atoms with E-state index in [0.29, 0.717) is 79.7 Å². The number of carbonyl (C=O) groups excluding carboxylic acids is 3. The van der Waals surface area contributed by atoms with Gasteiger partial charge in [-0.1, -0.05) is 52.3 Å². The molecular weight excluding hydrogens is 610 g/mol. The molecule has 4 bridgehead atoms. The molecule has 0 radical (unpaired) electrons. The van der Waals surface area contributed by atoms with E-state index in [1.54, 1.807) is 21.7 Å². The molecule has 2 aromatic carbocycles. The molecule has 242 valence electrons. The topological polar surface area (TPSA) is 144 Å². The Balaban J connectivity index is 1.33. The first-order valence-electron chi connectivity index (χ1n) is 15.4. The van der Waals surface area contributed by atoms with Gasteiger partial charge in [-0.15, -0.1) is 5.10 Å². The fraction of sp³-hybridized carbons (Fsp3) is 0.394. The highest BCUT2D eigenvalue weighted by molar-refractivity contribution is 6.32. The molecule has 0 saturated carbocycles. The van der Waals surface area contributed by atoms with E-state index in [1.165, 1.54) is 6.07 Å². The van der Waals surface area contributed by atoms with Crippen molar-refractivity contribution in [2.45, 2.75) is 65.1 Å². The molecule has 2 aliphatic heterocycles. The SMILES string of the molecule is Cc1noc(C)c1CCC(=O)N1CCCNC(=O)[C@H](Cc2ccccc2)NC(=O)c2ccc(c(Cl)c2)OCCCn2cc(nn2)C1. The van der Waals surface area contributed by atoms with Crippen LogP contribution < -0.4 is 15.4 Å². The van der Waals surface area contributed by atoms with E-state index in [0.717, 1.165) is 16.8 Å². The minimum Gasteiger partial charge on any atom is -0.492 e. The largest absolute Gasteiger partial charge is 0.492 e. The van der Waals surface area contributed by atoms with E-state index < -0.39 is 11.9 Å². The third-order valence-electron chi connectivity index (χ3n) is 7.85. The first-order chi connectivity index (χ1) is 22.3. The molecule has 0 unspecified atom stereocenters. The van der Waals surface area contributed by atoms with Crippen LogP contribution in [0.4, 0.5) is 0 Å². The lowest BCUT2D eigenvalue weighted by Crippen LogP contribution is -2.48. The third kappa shape index (κ3) is 8.72. The Morgan fingerprint density at radius 3 is 2.67 bits per heavy atom. The lowest BCUT2D eigenvalue weighted by Gasteiger charge is -2.23. The fourth-order valence-corrected chi connectivity index (χ4v) is 5.56. The fourth-order valence-electron chi connectivity index (χ4n) is 5.33. The minimum atomic E-state index is -0.832. The monoisotopic (exact) mass is 647 g/mol. The van der Waals surface area contributed by atoms with Crippen LogP contribution >= 0.6 is 11.6 Å². The summed E-state index contributed by atoms with van der Waals surface area (Å²) in [5.41, 5.74) is 3.58. The second-order valence-corrected chi connectivity index (χ2v) is 11.7. The van der Waals surface area contributed by atoms with Crippen molar-refractivity contribution >= 4 is 29.3 Å². The van der Waals surface area contributed by atoms with Crippen LogP contribution in [0.5, 0.6) is 5.75 Å². The van der Waals surface area contributed by atoms with Gasteiger partial charge in [0.15, 0.2) is 0 Å². The van der Waals surface area contributed by atoms with Crippen molar-refractivity contribution in [1.82, 2.24) is 35.7 Å². The number of benzene rings is 2. The lowest BCUT2D eigenvalue weighted by atomic mass is 10.0. The molecule has 12 nitrogen and oxygen atoms in total. The maximum Gasteiger partial charge on any atom is 0.251 e. The minimum absolute atomic E-state index is 0.0525. The molecule has 1 atom stereocenters. The number of hydrogen-bond donors (Lipinski definition) is 2. The number of fused-ring (bicyclic) bond motifs is 14. The van der Waals surface area contributed by atoms with Gasteiger partial charge in [0, 0.05) is 50.0 Å². The molecule has 0 fully saturated rings. The van der Waals surface area contributed by atoms with Crippen molar-refractivity contribution in [3.63, 3.8) is 0 Å². The van der Waals surface area contributed by atoms with Gasteiger partial charge < -0.3 is 24.8 Å². The maximum atomic E-state index is 13.5. The first-order valence-corrected chi connectivity index (χ1v) is 15.8. The zero-order valence-corrected chi connectivity index (χ0v) is 26.8. The van der Waals surface area contributed by atoms with E-state index >= 15 is 0 Å². The summed E-state index contributed by atoms with van der Waals surface area (Å²) in [7, 11) is 0. The van der Waals surface area contributed by atoms with Crippen molar-refractivity contribution in [1.29, 1.82) is 0 Å². The Bertz CT molecular complexity index is 1640. The number of ether oxygens (including phenoxy) is 1. The molecule has 4 heterocycles. The third-order valence-corrected chi connectivity index (χ3v) is 8.15. The van der Waals surface area contributed by atoms with Crippen LogP contribution in [-0.4, -0.2) is 68.5 Å². The van der Waals surface area contributed by atoms with Gasteiger partial charge in [0.2, 0.25) is 11.8 Å². The first kappa shape index (κ1) is 32.7. The standard InChI is InChI=1S/C33H38ClN7O5/c1-22-27(23(2)46-38-22)11-13-31(42)40-15-6-14-35-33(44)29(18-24-8-4-3-5-9-24)36-32(43)25-10-12-30(28(34)19-25)45-17-7-16-41-21-26(20-40)37-39-41/h3-5,8-10,12,19,21,29H,6-7,11,13-18,20H2,1-2H3,(H,35,44)(H,36,43)/t29-/m0/s1. The van der Waals surface area contributed by atoms with Crippen LogP contribution in [0, 0.1) is 13.8 Å². The molecule has 0 aliphatic carbocycles. The number of aryl methyl sites for hydroxylation is 3. The Hall–Kier alpha value is -4.71. The van der Waals surface area contributed by atoms with Crippen LogP contribution in [0.15, 0.2) is 59.3 Å². The van der Waals surface area contributed by atoms with Gasteiger partial charge in [0.25, 0.3) is 5.91 Å². The van der Waals surface area contributed by atoms with Gasteiger partial charge in [-0.2, -0.15) is 0 Å². The predicted octanol–water partition coefficient (Wildman–Crippen LogP) is 3.83. The molecule has 2 N–H and O–H groups in total. The molecular formula is C33H38ClN7O5. The number of rotatable bonds is 5. The Labute approximate surface area is 272 Å². The van der Waals surface area contributed by atoms with Crippen molar-refractivity contribution in [3.05, 3.63) is 93.6 Å². The van der Waals surface area contributed by atoms with E-state index in [9.17, 15) is 14.4 Å². The Morgan fingerprint density at radius 1 is 1.09 bits per heavy atom. The van der Waals surface area contributed by atoms with E-state index in [2.05, 4.69) is 26.1 Å². The molecule has 46 heavy (non-hydrogen) atoms. The van der Waals surface area contributed by atoms with Crippen molar-refractivity contribution in [2.24, 2.45) is 0 Å². The summed E-state index contributed by atoms with van der Waals surface area (Å²) in [6, 6.07) is 13.5. The summed E-state index contributed by atoms with van der Waals surface area (Å²) >= 11 is 6.45. The number of hydrogen-bond acceptors (Lipinski definition) is 8. The summed E-state index contributed by atoms with van der Waals surface area (Å²) in [6.45, 7) is 5.60. The number of amides is 3. The van der Waals surface area contributed by atoms with Gasteiger partial charge >= 0.3 is 0 Å². The average molecular weight is 648 g/mol. The Morgan fingerprint density at radius 2 is 1.91 bits per heavy atom. The number of carbonyl (C=O) groups is 3. The molecule has 6 rings (SSSR count). The normalized spacial score (nSPS) is 16.7. The number of aromatic nitrogens is 4. The summed E-state index contributed by atoms with van der Waals surface area (Å²) in [5, 5.41) is 18.6. The number of nitrogens with one attached hydrogen (secondary N) is 2. The maximum absolute atomic E-state index is 13.5. The highest BCUT2D eigenvalue weighted by Crippen LogP contribution is 2.26. The highest BCUT2D eigenvalue weighted by Gasteiger charge is 2.23. The quantitative estimate of drug-likeness (QED) is 0.333. The van der Waals surface area contributed by atoms with Gasteiger partial charge in [0.05, 0.1) is 30.1 Å². The average Bonchev–Trinajstić information content (AvgIpc) is 3.64. The molecule has 2 aromatic heterocycles. The zero-order chi connectivity index (χ0) is 32.5. The molecule has 4 aromatic rings. The molecule has 0 saturated heterocycles. The summed E-state index contributed by atoms with van der Waals surface area (Å²) in [4.78, 5) is 41.8. The van der Waals surface area contributed by atoms with Crippen LogP contribution in [0.25, 0.3) is 0 Å². The van der Waals surface area contributed by atoms with Crippen molar-refractivity contribution in [3.8, 4) is 5.75 Å². The van der Waals surface area contributed by atoms with Crippen LogP contribution in [0.2, 0.25) is 5.02 Å². The van der Waals surface area contributed by atoms with Crippen LogP contribution in [-0.2, 0) is 35.5 Å². The molecule has 3 amide bonds. The summed E-state index contributed by atoms with van der Waals surface area (Å²) in [6.07, 6.45) is 4.04. The molecule has 2 aliphatic rings. The van der Waals surface area contributed by atoms with Gasteiger partial charge in [0.1, 0.15) is 23.2 Å². The number of halogens is 1. The van der Waals surface area contributed by atoms with Gasteiger partial charge in [-0.3, -0.25) is 19.1 Å².